The van der Waals surface area contributed by atoms with Crippen LogP contribution in [-0.2, 0) is 11.3 Å². The van der Waals surface area contributed by atoms with E-state index in [4.69, 9.17) is 0 Å². The van der Waals surface area contributed by atoms with Gasteiger partial charge in [-0.3, -0.25) is 15.6 Å². The number of carbonyl (C=O) groups is 2. The number of hydrogen-bond acceptors (Lipinski definition) is 4. The Hall–Kier alpha value is -2.67. The van der Waals surface area contributed by atoms with Crippen LogP contribution in [-0.4, -0.2) is 11.9 Å². The molecule has 0 radical (unpaired) electrons. The first-order valence-electron chi connectivity index (χ1n) is 6.99. The van der Waals surface area contributed by atoms with Gasteiger partial charge in [0.05, 0.1) is 11.4 Å². The van der Waals surface area contributed by atoms with Crippen molar-refractivity contribution in [3.63, 3.8) is 0 Å². The van der Waals surface area contributed by atoms with E-state index >= 15 is 0 Å². The second-order valence-corrected chi connectivity index (χ2v) is 5.21. The molecule has 0 saturated heterocycles. The lowest BCUT2D eigenvalue weighted by molar-refractivity contribution is -0.118. The van der Waals surface area contributed by atoms with E-state index < -0.39 is 0 Å². The summed E-state index contributed by atoms with van der Waals surface area (Å²) >= 11 is 4.21. The Morgan fingerprint density at radius 3 is 2.30 bits per heavy atom. The van der Waals surface area contributed by atoms with Crippen molar-refractivity contribution in [2.75, 3.05) is 9.73 Å². The first kappa shape index (κ1) is 16.7. The molecule has 2 aromatic rings. The molecule has 3 N–H and O–H groups in total. The van der Waals surface area contributed by atoms with Gasteiger partial charge in [0.15, 0.2) is 0 Å². The highest BCUT2D eigenvalue weighted by atomic mass is 32.1. The van der Waals surface area contributed by atoms with Crippen LogP contribution in [0.1, 0.15) is 12.5 Å². The summed E-state index contributed by atoms with van der Waals surface area (Å²) in [5, 5.41) is 2.79. The first-order chi connectivity index (χ1) is 11.1. The molecule has 0 spiro atoms. The summed E-state index contributed by atoms with van der Waals surface area (Å²) in [5.41, 5.74) is 7.55. The average molecular weight is 330 g/mol. The predicted molar refractivity (Wildman–Crippen MR) is 94.0 cm³/mol. The highest BCUT2D eigenvalue weighted by Crippen LogP contribution is 2.19. The van der Waals surface area contributed by atoms with Crippen molar-refractivity contribution in [1.29, 1.82) is 0 Å². The number of thiol groups is 1. The Morgan fingerprint density at radius 1 is 1.04 bits per heavy atom. The smallest absolute Gasteiger partial charge is 0.332 e. The lowest BCUT2D eigenvalue weighted by atomic mass is 10.2. The van der Waals surface area contributed by atoms with Crippen LogP contribution >= 0.6 is 12.8 Å². The summed E-state index contributed by atoms with van der Waals surface area (Å²) in [6.45, 7) is 1.84. The maximum Gasteiger partial charge on any atom is 0.332 e. The van der Waals surface area contributed by atoms with E-state index in [1.807, 2.05) is 30.3 Å². The van der Waals surface area contributed by atoms with Gasteiger partial charge in [-0.25, -0.2) is 9.10 Å². The molecule has 0 aliphatic heterocycles. The van der Waals surface area contributed by atoms with Gasteiger partial charge in [-0.2, -0.15) is 0 Å². The number of nitrogens with one attached hydrogen (secondary N) is 3. The topological polar surface area (TPSA) is 73.5 Å². The van der Waals surface area contributed by atoms with Crippen molar-refractivity contribution in [3.8, 4) is 0 Å². The summed E-state index contributed by atoms with van der Waals surface area (Å²) in [6, 6.07) is 16.2. The molecule has 0 atom stereocenters. The lowest BCUT2D eigenvalue weighted by Gasteiger charge is -2.17. The molecule has 0 aromatic heterocycles. The third-order valence-electron chi connectivity index (χ3n) is 2.97. The number of benzene rings is 2. The zero-order valence-corrected chi connectivity index (χ0v) is 13.5. The quantitative estimate of drug-likeness (QED) is 0.503. The highest BCUT2D eigenvalue weighted by Gasteiger charge is 2.11. The van der Waals surface area contributed by atoms with Gasteiger partial charge in [-0.1, -0.05) is 43.1 Å². The van der Waals surface area contributed by atoms with Crippen molar-refractivity contribution < 1.29 is 9.59 Å². The van der Waals surface area contributed by atoms with Gasteiger partial charge in [-0.15, -0.1) is 0 Å². The number of anilines is 2. The summed E-state index contributed by atoms with van der Waals surface area (Å²) < 4.78 is 1.23. The molecule has 2 aromatic carbocycles. The Balaban J connectivity index is 1.90. The summed E-state index contributed by atoms with van der Waals surface area (Å²) in [4.78, 5) is 22.9. The van der Waals surface area contributed by atoms with Crippen molar-refractivity contribution in [2.45, 2.75) is 13.5 Å². The third kappa shape index (κ3) is 5.23. The molecule has 23 heavy (non-hydrogen) atoms. The Morgan fingerprint density at radius 2 is 1.70 bits per heavy atom. The van der Waals surface area contributed by atoms with Crippen LogP contribution in [0.25, 0.3) is 0 Å². The van der Waals surface area contributed by atoms with Crippen molar-refractivity contribution in [1.82, 2.24) is 10.7 Å². The van der Waals surface area contributed by atoms with Crippen LogP contribution in [0.4, 0.5) is 16.2 Å². The molecule has 0 unspecified atom stereocenters. The molecule has 120 valence electrons. The fraction of sp³-hybridized carbons (Fsp3) is 0.125. The van der Waals surface area contributed by atoms with E-state index in [1.165, 1.54) is 11.2 Å². The fourth-order valence-electron chi connectivity index (χ4n) is 1.81. The highest BCUT2D eigenvalue weighted by molar-refractivity contribution is 7.82. The minimum absolute atomic E-state index is 0.190. The van der Waals surface area contributed by atoms with E-state index in [1.54, 1.807) is 24.3 Å². The molecule has 3 amide bonds. The van der Waals surface area contributed by atoms with Crippen molar-refractivity contribution in [2.24, 2.45) is 0 Å². The number of hydrogen-bond donors (Lipinski definition) is 4. The number of hydrazine groups is 1. The van der Waals surface area contributed by atoms with Gasteiger partial charge in [0.25, 0.3) is 0 Å². The second-order valence-electron chi connectivity index (χ2n) is 4.81. The van der Waals surface area contributed by atoms with Gasteiger partial charge in [0.2, 0.25) is 5.91 Å². The zero-order valence-electron chi connectivity index (χ0n) is 12.6. The van der Waals surface area contributed by atoms with Crippen LogP contribution in [0.5, 0.6) is 0 Å². The molecule has 0 heterocycles. The molecule has 0 aliphatic carbocycles. The Labute approximate surface area is 140 Å². The average Bonchev–Trinajstić information content (AvgIpc) is 2.58. The van der Waals surface area contributed by atoms with Crippen LogP contribution in [0.2, 0.25) is 0 Å². The normalized spacial score (nSPS) is 9.83. The minimum Gasteiger partial charge on any atom is -0.333 e. The van der Waals surface area contributed by atoms with E-state index in [9.17, 15) is 9.59 Å². The van der Waals surface area contributed by atoms with E-state index in [2.05, 4.69) is 29.0 Å². The molecule has 0 saturated carbocycles. The summed E-state index contributed by atoms with van der Waals surface area (Å²) in [7, 11) is 0. The van der Waals surface area contributed by atoms with Gasteiger partial charge in [0, 0.05) is 13.5 Å². The van der Waals surface area contributed by atoms with Crippen LogP contribution < -0.4 is 20.5 Å². The second kappa shape index (κ2) is 8.09. The zero-order chi connectivity index (χ0) is 16.7. The lowest BCUT2D eigenvalue weighted by Crippen LogP contribution is -2.33. The SMILES string of the molecule is CC(=O)NNc1ccc(N(S)C(=O)NCc2ccccc2)cc1. The molecule has 7 heteroatoms. The minimum atomic E-state index is -0.320. The van der Waals surface area contributed by atoms with Gasteiger partial charge >= 0.3 is 6.03 Å². The maximum atomic E-state index is 12.1. The molecule has 2 rings (SSSR count). The standard InChI is InChI=1S/C16H18N4O2S/c1-12(21)18-19-14-7-9-15(10-8-14)20(23)16(22)17-11-13-5-3-2-4-6-13/h2-10,19,23H,11H2,1H3,(H,17,22)(H,18,21). The Bertz CT molecular complexity index is 662. The van der Waals surface area contributed by atoms with E-state index in [0.29, 0.717) is 17.9 Å². The molecular weight excluding hydrogens is 312 g/mol. The molecule has 0 fully saturated rings. The first-order valence-corrected chi connectivity index (χ1v) is 7.39. The maximum absolute atomic E-state index is 12.1. The molecule has 0 aliphatic rings. The molecular formula is C16H18N4O2S. The summed E-state index contributed by atoms with van der Waals surface area (Å²) in [5.74, 6) is -0.190. The third-order valence-corrected chi connectivity index (χ3v) is 3.39. The van der Waals surface area contributed by atoms with Gasteiger partial charge in [-0.05, 0) is 29.8 Å². The number of rotatable bonds is 5. The largest absolute Gasteiger partial charge is 0.333 e. The molecule has 0 bridgehead atoms. The van der Waals surface area contributed by atoms with E-state index in [0.717, 1.165) is 5.56 Å². The number of nitrogens with zero attached hydrogens (tertiary/aromatic N) is 1. The van der Waals surface area contributed by atoms with Crippen molar-refractivity contribution in [3.05, 3.63) is 60.2 Å². The Kier molecular flexibility index (Phi) is 5.87. The fourth-order valence-corrected chi connectivity index (χ4v) is 2.02. The monoisotopic (exact) mass is 330 g/mol. The van der Waals surface area contributed by atoms with Gasteiger partial charge in [0.1, 0.15) is 0 Å². The number of amides is 3. The number of carbonyl (C=O) groups excluding carboxylic acids is 2. The van der Waals surface area contributed by atoms with Crippen molar-refractivity contribution >= 4 is 36.1 Å². The molecule has 6 nitrogen and oxygen atoms in total. The predicted octanol–water partition coefficient (Wildman–Crippen LogP) is 2.71. The van der Waals surface area contributed by atoms with Gasteiger partial charge < -0.3 is 5.32 Å². The van der Waals surface area contributed by atoms with Crippen LogP contribution in [0.15, 0.2) is 54.6 Å². The van der Waals surface area contributed by atoms with Crippen LogP contribution in [0, 0.1) is 0 Å². The van der Waals surface area contributed by atoms with E-state index in [-0.39, 0.29) is 11.9 Å². The summed E-state index contributed by atoms with van der Waals surface area (Å²) in [6.07, 6.45) is 0. The number of urea groups is 1. The van der Waals surface area contributed by atoms with Crippen LogP contribution in [0.3, 0.4) is 0 Å².